The van der Waals surface area contributed by atoms with E-state index < -0.39 is 11.9 Å². The van der Waals surface area contributed by atoms with Crippen molar-refractivity contribution in [2.45, 2.75) is 77.2 Å². The number of fused-ring (bicyclic) bond motifs is 5. The Morgan fingerprint density at radius 1 is 1.11 bits per heavy atom. The van der Waals surface area contributed by atoms with Gasteiger partial charge in [0.1, 0.15) is 5.60 Å². The minimum atomic E-state index is -1.05. The Hall–Kier alpha value is -2.60. The highest BCUT2D eigenvalue weighted by Gasteiger charge is 2.31. The van der Waals surface area contributed by atoms with Gasteiger partial charge in [-0.1, -0.05) is 43.0 Å². The van der Waals surface area contributed by atoms with Gasteiger partial charge in [0.15, 0.2) is 6.29 Å². The molecule has 2 aromatic carbocycles. The average Bonchev–Trinajstić information content (AvgIpc) is 3.05. The van der Waals surface area contributed by atoms with Crippen molar-refractivity contribution < 1.29 is 19.4 Å². The lowest BCUT2D eigenvalue weighted by molar-refractivity contribution is -0.0464. The van der Waals surface area contributed by atoms with E-state index in [4.69, 9.17) is 21.1 Å². The lowest BCUT2D eigenvalue weighted by atomic mass is 9.81. The summed E-state index contributed by atoms with van der Waals surface area (Å²) in [5.74, 6) is 0.0926. The van der Waals surface area contributed by atoms with Gasteiger partial charge in [-0.05, 0) is 81.0 Å². The van der Waals surface area contributed by atoms with E-state index in [0.717, 1.165) is 46.1 Å². The van der Waals surface area contributed by atoms with Crippen LogP contribution in [0, 0.1) is 0 Å². The van der Waals surface area contributed by atoms with Crippen LogP contribution in [-0.2, 0) is 16.0 Å². The molecule has 2 aliphatic rings. The molecule has 0 spiro atoms. The molecular formula is C30H34ClNO4. The van der Waals surface area contributed by atoms with Crippen LogP contribution in [0.4, 0.5) is 0 Å². The second kappa shape index (κ2) is 9.70. The Morgan fingerprint density at radius 2 is 1.86 bits per heavy atom. The maximum absolute atomic E-state index is 13.0. The number of methoxy groups -OCH3 is 1. The van der Waals surface area contributed by atoms with Gasteiger partial charge in [0.05, 0.1) is 11.3 Å². The number of aliphatic hydroxyl groups excluding tert-OH is 1. The Bertz CT molecular complexity index is 1340. The fourth-order valence-electron chi connectivity index (χ4n) is 5.70. The van der Waals surface area contributed by atoms with Crippen molar-refractivity contribution in [2.75, 3.05) is 7.11 Å². The fourth-order valence-corrected chi connectivity index (χ4v) is 5.88. The van der Waals surface area contributed by atoms with E-state index in [-0.39, 0.29) is 5.97 Å². The highest BCUT2D eigenvalue weighted by atomic mass is 35.5. The molecule has 0 amide bonds. The third-order valence-electron chi connectivity index (χ3n) is 7.24. The number of rotatable bonds is 4. The lowest BCUT2D eigenvalue weighted by Gasteiger charge is -2.24. The van der Waals surface area contributed by atoms with E-state index in [9.17, 15) is 9.90 Å². The molecule has 1 saturated carbocycles. The molecule has 1 aromatic heterocycles. The van der Waals surface area contributed by atoms with E-state index >= 15 is 0 Å². The molecule has 3 aromatic rings. The van der Waals surface area contributed by atoms with Crippen LogP contribution in [0.3, 0.4) is 0 Å². The van der Waals surface area contributed by atoms with Crippen LogP contribution in [0.1, 0.15) is 80.3 Å². The molecule has 1 atom stereocenters. The van der Waals surface area contributed by atoms with Gasteiger partial charge in [0.2, 0.25) is 0 Å². The molecule has 1 unspecified atom stereocenters. The molecule has 0 saturated heterocycles. The van der Waals surface area contributed by atoms with Gasteiger partial charge < -0.3 is 19.1 Å². The van der Waals surface area contributed by atoms with Gasteiger partial charge >= 0.3 is 5.97 Å². The smallest absolute Gasteiger partial charge is 0.338 e. The molecule has 5 nitrogen and oxygen atoms in total. The Kier molecular flexibility index (Phi) is 6.75. The van der Waals surface area contributed by atoms with E-state index in [1.807, 2.05) is 51.1 Å². The SMILES string of the molecule is COC(O)C1=Cc2cc(Cl)ccc2-c2c(C3CCCCC3)c3ccc(C(=O)OC(C)(C)C)cc3n2C1. The van der Waals surface area contributed by atoms with E-state index in [1.54, 1.807) is 0 Å². The summed E-state index contributed by atoms with van der Waals surface area (Å²) >= 11 is 6.41. The summed E-state index contributed by atoms with van der Waals surface area (Å²) in [6.45, 7) is 6.06. The summed E-state index contributed by atoms with van der Waals surface area (Å²) in [5, 5.41) is 12.5. The first-order valence-electron chi connectivity index (χ1n) is 12.8. The van der Waals surface area contributed by atoms with E-state index in [2.05, 4.69) is 16.7 Å². The summed E-state index contributed by atoms with van der Waals surface area (Å²) in [5.41, 5.74) is 6.14. The molecule has 1 aliphatic heterocycles. The number of nitrogens with zero attached hydrogens (tertiary/aromatic N) is 1. The summed E-state index contributed by atoms with van der Waals surface area (Å²) in [6, 6.07) is 11.8. The minimum Gasteiger partial charge on any atom is -0.456 e. The van der Waals surface area contributed by atoms with Crippen LogP contribution in [0.5, 0.6) is 0 Å². The topological polar surface area (TPSA) is 60.7 Å². The van der Waals surface area contributed by atoms with Gasteiger partial charge in [0.25, 0.3) is 0 Å². The highest BCUT2D eigenvalue weighted by molar-refractivity contribution is 6.30. The molecule has 1 fully saturated rings. The maximum atomic E-state index is 13.0. The molecular weight excluding hydrogens is 474 g/mol. The fraction of sp³-hybridized carbons (Fsp3) is 0.433. The van der Waals surface area contributed by atoms with Crippen LogP contribution >= 0.6 is 11.6 Å². The average molecular weight is 508 g/mol. The standard InChI is InChI=1S/C30H34ClNO4/c1-30(2,3)36-29(34)19-10-12-24-25(16-19)32-17-21(28(33)35-4)14-20-15-22(31)11-13-23(20)27(32)26(24)18-8-6-5-7-9-18/h10-16,18,28,33H,5-9,17H2,1-4H3. The molecule has 0 radical (unpaired) electrons. The van der Waals surface area contributed by atoms with Crippen molar-refractivity contribution in [3.05, 3.63) is 63.7 Å². The largest absolute Gasteiger partial charge is 0.456 e. The van der Waals surface area contributed by atoms with Crippen molar-refractivity contribution in [2.24, 2.45) is 0 Å². The van der Waals surface area contributed by atoms with Crippen LogP contribution < -0.4 is 0 Å². The molecule has 2 heterocycles. The van der Waals surface area contributed by atoms with Crippen molar-refractivity contribution >= 4 is 34.5 Å². The number of benzene rings is 2. The molecule has 0 bridgehead atoms. The summed E-state index contributed by atoms with van der Waals surface area (Å²) in [6.07, 6.45) is 6.92. The number of ether oxygens (including phenoxy) is 2. The first-order valence-corrected chi connectivity index (χ1v) is 13.1. The number of hydrogen-bond acceptors (Lipinski definition) is 4. The Balaban J connectivity index is 1.78. The lowest BCUT2D eigenvalue weighted by Crippen LogP contribution is -2.23. The Morgan fingerprint density at radius 3 is 2.56 bits per heavy atom. The van der Waals surface area contributed by atoms with Crippen molar-refractivity contribution in [3.63, 3.8) is 0 Å². The van der Waals surface area contributed by atoms with Crippen molar-refractivity contribution in [1.29, 1.82) is 0 Å². The second-order valence-corrected chi connectivity index (χ2v) is 11.4. The van der Waals surface area contributed by atoms with Gasteiger partial charge in [-0.25, -0.2) is 4.79 Å². The first kappa shape index (κ1) is 25.1. The van der Waals surface area contributed by atoms with Crippen LogP contribution in [0.2, 0.25) is 5.02 Å². The highest BCUT2D eigenvalue weighted by Crippen LogP contribution is 2.47. The molecule has 5 rings (SSSR count). The number of carbonyl (C=O) groups is 1. The predicted octanol–water partition coefficient (Wildman–Crippen LogP) is 7.33. The normalized spacial score (nSPS) is 17.2. The molecule has 36 heavy (non-hydrogen) atoms. The Labute approximate surface area is 217 Å². The van der Waals surface area contributed by atoms with Crippen molar-refractivity contribution in [3.8, 4) is 11.3 Å². The third-order valence-corrected chi connectivity index (χ3v) is 7.48. The van der Waals surface area contributed by atoms with Gasteiger partial charge in [-0.3, -0.25) is 0 Å². The molecule has 6 heteroatoms. The second-order valence-electron chi connectivity index (χ2n) is 11.0. The zero-order valence-corrected chi connectivity index (χ0v) is 22.2. The first-order chi connectivity index (χ1) is 17.2. The zero-order valence-electron chi connectivity index (χ0n) is 21.4. The number of esters is 1. The van der Waals surface area contributed by atoms with Gasteiger partial charge in [-0.15, -0.1) is 0 Å². The molecule has 1 N–H and O–H groups in total. The van der Waals surface area contributed by atoms with Crippen LogP contribution in [0.15, 0.2) is 42.0 Å². The number of aliphatic hydroxyl groups is 1. The summed E-state index contributed by atoms with van der Waals surface area (Å²) in [4.78, 5) is 13.0. The maximum Gasteiger partial charge on any atom is 0.338 e. The number of carbonyl (C=O) groups excluding carboxylic acids is 1. The number of aromatic nitrogens is 1. The van der Waals surface area contributed by atoms with Crippen molar-refractivity contribution in [1.82, 2.24) is 4.57 Å². The molecule has 190 valence electrons. The predicted molar refractivity (Wildman–Crippen MR) is 144 cm³/mol. The number of halogens is 1. The minimum absolute atomic E-state index is 0.340. The summed E-state index contributed by atoms with van der Waals surface area (Å²) < 4.78 is 13.2. The van der Waals surface area contributed by atoms with E-state index in [1.165, 1.54) is 31.9 Å². The van der Waals surface area contributed by atoms with Gasteiger partial charge in [-0.2, -0.15) is 0 Å². The molecule has 1 aliphatic carbocycles. The van der Waals surface area contributed by atoms with Crippen LogP contribution in [-0.4, -0.2) is 34.6 Å². The summed E-state index contributed by atoms with van der Waals surface area (Å²) in [7, 11) is 1.50. The van der Waals surface area contributed by atoms with Gasteiger partial charge in [0, 0.05) is 40.7 Å². The van der Waals surface area contributed by atoms with E-state index in [0.29, 0.717) is 23.0 Å². The van der Waals surface area contributed by atoms with Crippen LogP contribution in [0.25, 0.3) is 28.2 Å². The zero-order chi connectivity index (χ0) is 25.6. The third kappa shape index (κ3) is 4.72. The quantitative estimate of drug-likeness (QED) is 0.296. The number of hydrogen-bond donors (Lipinski definition) is 1. The monoisotopic (exact) mass is 507 g/mol.